The third kappa shape index (κ3) is 4.00. The van der Waals surface area contributed by atoms with Crippen molar-refractivity contribution in [2.24, 2.45) is 0 Å². The Morgan fingerprint density at radius 1 is 1.00 bits per heavy atom. The van der Waals surface area contributed by atoms with Gasteiger partial charge in [0.15, 0.2) is 5.78 Å². The third-order valence-electron chi connectivity index (χ3n) is 3.62. The van der Waals surface area contributed by atoms with Gasteiger partial charge in [-0.1, -0.05) is 75.5 Å². The number of nitrogens with zero attached hydrogens (tertiary/aromatic N) is 2. The van der Waals surface area contributed by atoms with E-state index in [9.17, 15) is 9.59 Å². The molecule has 2 aromatic carbocycles. The number of carbonyl (C=O) groups excluding carboxylic acids is 1. The van der Waals surface area contributed by atoms with Crippen LogP contribution in [-0.2, 0) is 6.54 Å². The van der Waals surface area contributed by atoms with Crippen molar-refractivity contribution < 1.29 is 4.79 Å². The van der Waals surface area contributed by atoms with Gasteiger partial charge in [-0.05, 0) is 23.3 Å². The highest BCUT2D eigenvalue weighted by Gasteiger charge is 2.12. The maximum Gasteiger partial charge on any atom is 0.287 e. The predicted molar refractivity (Wildman–Crippen MR) is 102 cm³/mol. The van der Waals surface area contributed by atoms with Gasteiger partial charge < -0.3 is 0 Å². The average molecular weight is 438 g/mol. The second kappa shape index (κ2) is 7.52. The molecule has 0 N–H and O–H groups in total. The average Bonchev–Trinajstić information content (AvgIpc) is 2.63. The van der Waals surface area contributed by atoms with E-state index >= 15 is 0 Å². The first-order valence-electron chi connectivity index (χ1n) is 7.26. The smallest absolute Gasteiger partial charge is 0.287 e. The molecular formula is C18H11BrCl2N2O2. The molecule has 3 aromatic rings. The van der Waals surface area contributed by atoms with Gasteiger partial charge in [0.25, 0.3) is 5.56 Å². The van der Waals surface area contributed by atoms with Gasteiger partial charge in [0, 0.05) is 10.0 Å². The molecule has 126 valence electrons. The van der Waals surface area contributed by atoms with Crippen LogP contribution < -0.4 is 5.56 Å². The molecule has 0 atom stereocenters. The number of hydrogen-bond donors (Lipinski definition) is 0. The van der Waals surface area contributed by atoms with E-state index in [2.05, 4.69) is 21.0 Å². The first-order valence-corrected chi connectivity index (χ1v) is 8.81. The first kappa shape index (κ1) is 17.9. The quantitative estimate of drug-likeness (QED) is 0.547. The van der Waals surface area contributed by atoms with Crippen LogP contribution in [0.15, 0.2) is 64.0 Å². The number of Topliss-reactive ketones (excluding diaryl/α,β-unsaturated/α-hetero) is 1. The Hall–Kier alpha value is -1.95. The summed E-state index contributed by atoms with van der Waals surface area (Å²) in [6.45, 7) is -0.201. The summed E-state index contributed by atoms with van der Waals surface area (Å²) in [5.74, 6) is -0.240. The summed E-state index contributed by atoms with van der Waals surface area (Å²) >= 11 is 14.9. The Labute approximate surface area is 162 Å². The van der Waals surface area contributed by atoms with E-state index < -0.39 is 5.56 Å². The van der Waals surface area contributed by atoms with Crippen LogP contribution in [0.5, 0.6) is 0 Å². The van der Waals surface area contributed by atoms with Crippen molar-refractivity contribution >= 4 is 44.9 Å². The Kier molecular flexibility index (Phi) is 5.37. The van der Waals surface area contributed by atoms with Gasteiger partial charge in [-0.15, -0.1) is 0 Å². The van der Waals surface area contributed by atoms with Gasteiger partial charge in [-0.2, -0.15) is 5.10 Å². The van der Waals surface area contributed by atoms with Gasteiger partial charge in [0.1, 0.15) is 11.6 Å². The zero-order chi connectivity index (χ0) is 18.0. The lowest BCUT2D eigenvalue weighted by Gasteiger charge is -2.06. The van der Waals surface area contributed by atoms with Crippen molar-refractivity contribution in [1.82, 2.24) is 9.78 Å². The normalized spacial score (nSPS) is 10.7. The standard InChI is InChI=1S/C18H11BrCl2N2O2/c19-14-7-5-12(6-8-14)11-1-3-13(4-2-11)16(24)10-23-18(25)17(21)15(20)9-22-23/h1-9H,10H2. The lowest BCUT2D eigenvalue weighted by Crippen LogP contribution is -2.27. The van der Waals surface area contributed by atoms with Gasteiger partial charge >= 0.3 is 0 Å². The van der Waals surface area contributed by atoms with Gasteiger partial charge in [0.05, 0.1) is 11.2 Å². The summed E-state index contributed by atoms with van der Waals surface area (Å²) in [6, 6.07) is 15.1. The SMILES string of the molecule is O=C(Cn1ncc(Cl)c(Cl)c1=O)c1ccc(-c2ccc(Br)cc2)cc1. The molecule has 0 aliphatic carbocycles. The Balaban J connectivity index is 1.80. The molecular weight excluding hydrogens is 427 g/mol. The van der Waals surface area contributed by atoms with E-state index in [0.717, 1.165) is 20.3 Å². The molecule has 1 aromatic heterocycles. The summed E-state index contributed by atoms with van der Waals surface area (Å²) < 4.78 is 2.00. The highest BCUT2D eigenvalue weighted by atomic mass is 79.9. The highest BCUT2D eigenvalue weighted by Crippen LogP contribution is 2.22. The lowest BCUT2D eigenvalue weighted by molar-refractivity contribution is 0.0965. The van der Waals surface area contributed by atoms with Crippen molar-refractivity contribution in [1.29, 1.82) is 0 Å². The molecule has 0 bridgehead atoms. The largest absolute Gasteiger partial charge is 0.292 e. The minimum atomic E-state index is -0.589. The molecule has 7 heteroatoms. The fraction of sp³-hybridized carbons (Fsp3) is 0.0556. The third-order valence-corrected chi connectivity index (χ3v) is 4.90. The Bertz CT molecular complexity index is 983. The van der Waals surface area contributed by atoms with E-state index in [1.54, 1.807) is 12.1 Å². The van der Waals surface area contributed by atoms with Crippen molar-refractivity contribution in [2.45, 2.75) is 6.54 Å². The van der Waals surface area contributed by atoms with E-state index in [1.165, 1.54) is 6.20 Å². The molecule has 0 saturated heterocycles. The fourth-order valence-electron chi connectivity index (χ4n) is 2.28. The Morgan fingerprint density at radius 2 is 1.56 bits per heavy atom. The molecule has 0 amide bonds. The van der Waals surface area contributed by atoms with Crippen LogP contribution >= 0.6 is 39.1 Å². The van der Waals surface area contributed by atoms with Crippen LogP contribution in [0.2, 0.25) is 10.0 Å². The van der Waals surface area contributed by atoms with E-state index in [1.807, 2.05) is 36.4 Å². The van der Waals surface area contributed by atoms with E-state index in [4.69, 9.17) is 23.2 Å². The molecule has 0 aliphatic rings. The Morgan fingerprint density at radius 3 is 2.16 bits per heavy atom. The second-order valence-corrected chi connectivity index (χ2v) is 6.98. The number of hydrogen-bond acceptors (Lipinski definition) is 3. The van der Waals surface area contributed by atoms with Gasteiger partial charge in [0.2, 0.25) is 0 Å². The summed E-state index contributed by atoms with van der Waals surface area (Å²) in [5, 5.41) is 3.76. The summed E-state index contributed by atoms with van der Waals surface area (Å²) in [5.41, 5.74) is 1.94. The highest BCUT2D eigenvalue weighted by molar-refractivity contribution is 9.10. The van der Waals surface area contributed by atoms with Crippen LogP contribution in [-0.4, -0.2) is 15.6 Å². The van der Waals surface area contributed by atoms with E-state index in [-0.39, 0.29) is 22.4 Å². The molecule has 3 rings (SSSR count). The number of benzene rings is 2. The molecule has 0 spiro atoms. The summed E-state index contributed by atoms with van der Waals surface area (Å²) in [7, 11) is 0. The van der Waals surface area contributed by atoms with Crippen molar-refractivity contribution in [3.8, 4) is 11.1 Å². The number of ketones is 1. The molecule has 0 fully saturated rings. The minimum absolute atomic E-state index is 0.0641. The summed E-state index contributed by atoms with van der Waals surface area (Å²) in [6.07, 6.45) is 1.25. The number of aromatic nitrogens is 2. The van der Waals surface area contributed by atoms with Crippen molar-refractivity contribution in [2.75, 3.05) is 0 Å². The van der Waals surface area contributed by atoms with Crippen molar-refractivity contribution in [3.05, 3.63) is 85.2 Å². The van der Waals surface area contributed by atoms with Gasteiger partial charge in [-0.3, -0.25) is 9.59 Å². The molecule has 0 radical (unpaired) electrons. The summed E-state index contributed by atoms with van der Waals surface area (Å²) in [4.78, 5) is 24.3. The number of rotatable bonds is 4. The monoisotopic (exact) mass is 436 g/mol. The van der Waals surface area contributed by atoms with Crippen LogP contribution in [0.25, 0.3) is 11.1 Å². The maximum absolute atomic E-state index is 12.4. The molecule has 4 nitrogen and oxygen atoms in total. The maximum atomic E-state index is 12.4. The van der Waals surface area contributed by atoms with Crippen LogP contribution in [0.3, 0.4) is 0 Å². The van der Waals surface area contributed by atoms with Crippen LogP contribution in [0.4, 0.5) is 0 Å². The molecule has 0 unspecified atom stereocenters. The fourth-order valence-corrected chi connectivity index (χ4v) is 2.81. The first-order chi connectivity index (χ1) is 12.0. The molecule has 0 aliphatic heterocycles. The zero-order valence-corrected chi connectivity index (χ0v) is 15.8. The van der Waals surface area contributed by atoms with Crippen LogP contribution in [0.1, 0.15) is 10.4 Å². The molecule has 25 heavy (non-hydrogen) atoms. The minimum Gasteiger partial charge on any atom is -0.292 e. The topological polar surface area (TPSA) is 52.0 Å². The number of halogens is 3. The predicted octanol–water partition coefficient (Wildman–Crippen LogP) is 4.86. The lowest BCUT2D eigenvalue weighted by atomic mass is 10.0. The number of carbonyl (C=O) groups is 1. The molecule has 1 heterocycles. The van der Waals surface area contributed by atoms with Crippen LogP contribution in [0, 0.1) is 0 Å². The zero-order valence-electron chi connectivity index (χ0n) is 12.7. The van der Waals surface area contributed by atoms with Crippen molar-refractivity contribution in [3.63, 3.8) is 0 Å². The van der Waals surface area contributed by atoms with E-state index in [0.29, 0.717) is 5.56 Å². The second-order valence-electron chi connectivity index (χ2n) is 5.28. The molecule has 0 saturated carbocycles. The van der Waals surface area contributed by atoms with Gasteiger partial charge in [-0.25, -0.2) is 4.68 Å².